The van der Waals surface area contributed by atoms with Gasteiger partial charge in [0.25, 0.3) is 0 Å². The second-order valence-corrected chi connectivity index (χ2v) is 3.80. The Hall–Kier alpha value is -1.11. The summed E-state index contributed by atoms with van der Waals surface area (Å²) in [6.45, 7) is 14.3. The molecule has 0 radical (unpaired) electrons. The van der Waals surface area contributed by atoms with Crippen molar-refractivity contribution in [2.24, 2.45) is 10.9 Å². The predicted molar refractivity (Wildman–Crippen MR) is 70.3 cm³/mol. The van der Waals surface area contributed by atoms with Crippen molar-refractivity contribution in [1.29, 1.82) is 0 Å². The second kappa shape index (κ2) is 7.22. The third kappa shape index (κ3) is 4.28. The van der Waals surface area contributed by atoms with Crippen molar-refractivity contribution < 1.29 is 0 Å². The normalized spacial score (nSPS) is 16.5. The van der Waals surface area contributed by atoms with Crippen molar-refractivity contribution in [3.05, 3.63) is 36.1 Å². The highest BCUT2D eigenvalue weighted by Crippen LogP contribution is 2.20. The van der Waals surface area contributed by atoms with Crippen molar-refractivity contribution in [2.75, 3.05) is 0 Å². The van der Waals surface area contributed by atoms with E-state index in [1.165, 1.54) is 11.1 Å². The van der Waals surface area contributed by atoms with Crippen molar-refractivity contribution >= 4 is 5.71 Å². The van der Waals surface area contributed by atoms with Crippen LogP contribution in [0.3, 0.4) is 0 Å². The van der Waals surface area contributed by atoms with Crippen LogP contribution >= 0.6 is 0 Å². The molecule has 0 saturated carbocycles. The molecule has 1 heteroatoms. The summed E-state index contributed by atoms with van der Waals surface area (Å²) in [6.07, 6.45) is 6.95. The molecule has 0 aliphatic rings. The molecule has 0 fully saturated rings. The first-order valence-corrected chi connectivity index (χ1v) is 5.57. The van der Waals surface area contributed by atoms with E-state index >= 15 is 0 Å². The lowest BCUT2D eigenvalue weighted by Crippen LogP contribution is -2.04. The number of aliphatic imine (C=N–C) groups is 1. The van der Waals surface area contributed by atoms with Gasteiger partial charge in [0.2, 0.25) is 0 Å². The first kappa shape index (κ1) is 13.9. The topological polar surface area (TPSA) is 12.4 Å². The molecule has 0 aromatic rings. The van der Waals surface area contributed by atoms with Crippen LogP contribution in [0.4, 0.5) is 0 Å². The zero-order chi connectivity index (χ0) is 11.8. The van der Waals surface area contributed by atoms with Gasteiger partial charge in [-0.3, -0.25) is 4.99 Å². The molecule has 0 N–H and O–H groups in total. The number of hydrogen-bond donors (Lipinski definition) is 0. The van der Waals surface area contributed by atoms with E-state index in [0.29, 0.717) is 5.92 Å². The summed E-state index contributed by atoms with van der Waals surface area (Å²) in [6, 6.07) is 0. The molecule has 0 saturated heterocycles. The fourth-order valence-electron chi connectivity index (χ4n) is 1.48. The Morgan fingerprint density at radius 1 is 1.40 bits per heavy atom. The van der Waals surface area contributed by atoms with Crippen LogP contribution in [0.25, 0.3) is 0 Å². The minimum atomic E-state index is 0.603. The van der Waals surface area contributed by atoms with Gasteiger partial charge in [-0.05, 0) is 38.7 Å². The number of allylic oxidation sites excluding steroid dienone is 4. The number of hydrogen-bond acceptors (Lipinski definition) is 1. The van der Waals surface area contributed by atoms with Gasteiger partial charge in [-0.1, -0.05) is 38.2 Å². The molecular formula is C14H23N. The second-order valence-electron chi connectivity index (χ2n) is 3.80. The Bertz CT molecular complexity index is 292. The molecule has 0 bridgehead atoms. The third-order valence-electron chi connectivity index (χ3n) is 2.78. The van der Waals surface area contributed by atoms with E-state index in [9.17, 15) is 0 Å². The summed E-state index contributed by atoms with van der Waals surface area (Å²) in [5.74, 6) is 0.603. The minimum Gasteiger partial charge on any atom is -0.262 e. The zero-order valence-electron chi connectivity index (χ0n) is 10.7. The maximum absolute atomic E-state index is 4.25. The molecule has 0 aromatic heterocycles. The van der Waals surface area contributed by atoms with Gasteiger partial charge >= 0.3 is 0 Å². The molecule has 0 amide bonds. The summed E-state index contributed by atoms with van der Waals surface area (Å²) in [5.41, 5.74) is 3.69. The van der Waals surface area contributed by atoms with Crippen LogP contribution in [0, 0.1) is 5.92 Å². The van der Waals surface area contributed by atoms with Crippen LogP contribution < -0.4 is 0 Å². The van der Waals surface area contributed by atoms with Crippen LogP contribution in [-0.4, -0.2) is 5.71 Å². The summed E-state index contributed by atoms with van der Waals surface area (Å²) in [7, 11) is 0. The molecule has 0 spiro atoms. The van der Waals surface area contributed by atoms with Crippen molar-refractivity contribution in [1.82, 2.24) is 0 Å². The van der Waals surface area contributed by atoms with Gasteiger partial charge in [-0.2, -0.15) is 0 Å². The zero-order valence-corrected chi connectivity index (χ0v) is 10.7. The Morgan fingerprint density at radius 3 is 2.40 bits per heavy atom. The van der Waals surface area contributed by atoms with E-state index in [-0.39, 0.29) is 0 Å². The molecule has 0 aromatic carbocycles. The summed E-state index contributed by atoms with van der Waals surface area (Å²) in [4.78, 5) is 4.25. The molecule has 0 rings (SSSR count). The molecule has 1 atom stereocenters. The highest BCUT2D eigenvalue weighted by molar-refractivity contribution is 6.01. The first-order chi connectivity index (χ1) is 7.08. The molecule has 1 nitrogen and oxygen atoms in total. The molecular weight excluding hydrogens is 182 g/mol. The van der Waals surface area contributed by atoms with Crippen LogP contribution in [0.1, 0.15) is 41.0 Å². The van der Waals surface area contributed by atoms with E-state index < -0.39 is 0 Å². The fraction of sp³-hybridized carbons (Fsp3) is 0.500. The van der Waals surface area contributed by atoms with Gasteiger partial charge in [0.15, 0.2) is 0 Å². The van der Waals surface area contributed by atoms with Crippen LogP contribution in [0.2, 0.25) is 0 Å². The van der Waals surface area contributed by atoms with Gasteiger partial charge in [0, 0.05) is 11.9 Å². The Labute approximate surface area is 94.3 Å². The van der Waals surface area contributed by atoms with Gasteiger partial charge in [-0.25, -0.2) is 0 Å². The predicted octanol–water partition coefficient (Wildman–Crippen LogP) is 4.53. The molecule has 1 unspecified atom stereocenters. The van der Waals surface area contributed by atoms with Gasteiger partial charge in [0.1, 0.15) is 0 Å². The number of rotatable bonds is 5. The molecule has 84 valence electrons. The molecule has 0 heterocycles. The van der Waals surface area contributed by atoms with Crippen molar-refractivity contribution in [2.45, 2.75) is 41.0 Å². The lowest BCUT2D eigenvalue weighted by molar-refractivity contribution is 0.653. The quantitative estimate of drug-likeness (QED) is 0.462. The van der Waals surface area contributed by atoms with E-state index in [1.807, 2.05) is 13.8 Å². The summed E-state index contributed by atoms with van der Waals surface area (Å²) in [5, 5.41) is 0. The Morgan fingerprint density at radius 2 is 2.00 bits per heavy atom. The molecule has 15 heavy (non-hydrogen) atoms. The van der Waals surface area contributed by atoms with Crippen LogP contribution in [0.5, 0.6) is 0 Å². The lowest BCUT2D eigenvalue weighted by atomic mass is 9.93. The van der Waals surface area contributed by atoms with Gasteiger partial charge in [-0.15, -0.1) is 0 Å². The third-order valence-corrected chi connectivity index (χ3v) is 2.78. The molecule has 0 aliphatic carbocycles. The maximum Gasteiger partial charge on any atom is 0.0444 e. The average Bonchev–Trinajstić information content (AvgIpc) is 2.24. The van der Waals surface area contributed by atoms with E-state index in [1.54, 1.807) is 6.20 Å². The van der Waals surface area contributed by atoms with E-state index in [4.69, 9.17) is 0 Å². The monoisotopic (exact) mass is 205 g/mol. The standard InChI is InChI=1S/C14H23N/c1-7-10-14(13(6)15-9-3)12(5)11(4)8-2/h7,9-11H,3,8H2,1-2,4-6H3/b10-7-,14-12+,15-13?. The largest absolute Gasteiger partial charge is 0.262 e. The summed E-state index contributed by atoms with van der Waals surface area (Å²) < 4.78 is 0. The molecule has 0 aliphatic heterocycles. The SMILES string of the molecule is C=CN=C(C)C(/C=C\C)=C(\C)C(C)CC. The van der Waals surface area contributed by atoms with Crippen molar-refractivity contribution in [3.8, 4) is 0 Å². The highest BCUT2D eigenvalue weighted by atomic mass is 14.7. The lowest BCUT2D eigenvalue weighted by Gasteiger charge is -2.14. The Kier molecular flexibility index (Phi) is 6.68. The fourth-order valence-corrected chi connectivity index (χ4v) is 1.48. The van der Waals surface area contributed by atoms with Gasteiger partial charge < -0.3 is 0 Å². The highest BCUT2D eigenvalue weighted by Gasteiger charge is 2.08. The van der Waals surface area contributed by atoms with Crippen LogP contribution in [0.15, 0.2) is 41.1 Å². The summed E-state index contributed by atoms with van der Waals surface area (Å²) >= 11 is 0. The van der Waals surface area contributed by atoms with Gasteiger partial charge in [0.05, 0.1) is 0 Å². The Balaban J connectivity index is 5.27. The minimum absolute atomic E-state index is 0.603. The van der Waals surface area contributed by atoms with E-state index in [2.05, 4.69) is 44.5 Å². The number of nitrogens with zero attached hydrogens (tertiary/aromatic N) is 1. The van der Waals surface area contributed by atoms with Crippen LogP contribution in [-0.2, 0) is 0 Å². The van der Waals surface area contributed by atoms with E-state index in [0.717, 1.165) is 12.1 Å². The first-order valence-electron chi connectivity index (χ1n) is 5.57. The average molecular weight is 205 g/mol. The smallest absolute Gasteiger partial charge is 0.0444 e. The maximum atomic E-state index is 4.25. The van der Waals surface area contributed by atoms with Crippen molar-refractivity contribution in [3.63, 3.8) is 0 Å².